The second kappa shape index (κ2) is 9.55. The van der Waals surface area contributed by atoms with Crippen molar-refractivity contribution in [2.24, 2.45) is 23.7 Å². The summed E-state index contributed by atoms with van der Waals surface area (Å²) >= 11 is 12.7. The Morgan fingerprint density at radius 2 is 1.61 bits per heavy atom. The summed E-state index contributed by atoms with van der Waals surface area (Å²) in [6, 6.07) is 9.55. The van der Waals surface area contributed by atoms with Crippen molar-refractivity contribution in [1.82, 2.24) is 9.88 Å². The molecule has 5 heteroatoms. The number of β-amino-alcohol motifs (C(OH)–C–C–N with tert-alkyl or cyclic N) is 1. The number of halogens is 2. The summed E-state index contributed by atoms with van der Waals surface area (Å²) in [6.07, 6.45) is 10.5. The van der Waals surface area contributed by atoms with Crippen molar-refractivity contribution in [2.45, 2.75) is 62.8 Å². The molecule has 5 fully saturated rings. The van der Waals surface area contributed by atoms with E-state index < -0.39 is 6.10 Å². The standard InChI is InChI=1S/C16H19ClN2O.C10H15Cl/c17-13-10-15(18-14-7-3-2-6-12(13)14)16(20)11-19-8-4-1-5-9-19;11-10-8-2-6-1-7(4-8)5-9(10)3-6/h2-3,6-7,10,16,20H,1,4-5,8-9,11H2;6-10H,1-5H2. The van der Waals surface area contributed by atoms with Crippen LogP contribution in [0, 0.1) is 23.7 Å². The van der Waals surface area contributed by atoms with Crippen LogP contribution in [0.2, 0.25) is 5.02 Å². The third-order valence-corrected chi connectivity index (χ3v) is 9.04. The monoisotopic (exact) mass is 460 g/mol. The lowest BCUT2D eigenvalue weighted by atomic mass is 9.56. The molecule has 1 unspecified atom stereocenters. The van der Waals surface area contributed by atoms with Crippen LogP contribution in [-0.2, 0) is 0 Å². The zero-order valence-electron chi connectivity index (χ0n) is 18.2. The molecule has 1 aliphatic heterocycles. The molecule has 1 aromatic heterocycles. The van der Waals surface area contributed by atoms with E-state index in [1.165, 1.54) is 51.4 Å². The number of para-hydroxylation sites is 1. The van der Waals surface area contributed by atoms with E-state index in [0.717, 1.165) is 47.7 Å². The number of hydrogen-bond acceptors (Lipinski definition) is 3. The van der Waals surface area contributed by atoms with Gasteiger partial charge in [-0.15, -0.1) is 11.6 Å². The maximum Gasteiger partial charge on any atom is 0.109 e. The van der Waals surface area contributed by atoms with Gasteiger partial charge in [0.2, 0.25) is 0 Å². The summed E-state index contributed by atoms with van der Waals surface area (Å²) in [6.45, 7) is 2.78. The highest BCUT2D eigenvalue weighted by Crippen LogP contribution is 2.55. The van der Waals surface area contributed by atoms with Crippen LogP contribution in [-0.4, -0.2) is 40.0 Å². The Kier molecular flexibility index (Phi) is 6.76. The van der Waals surface area contributed by atoms with Crippen LogP contribution < -0.4 is 0 Å². The Bertz CT molecular complexity index is 870. The molecule has 4 saturated carbocycles. The molecule has 1 N–H and O–H groups in total. The fraction of sp³-hybridized carbons (Fsp3) is 0.654. The molecule has 2 heterocycles. The fourth-order valence-electron chi connectivity index (χ4n) is 6.66. The molecule has 0 spiro atoms. The molecule has 1 atom stereocenters. The van der Waals surface area contributed by atoms with Gasteiger partial charge in [0.15, 0.2) is 0 Å². The Morgan fingerprint density at radius 3 is 2.29 bits per heavy atom. The van der Waals surface area contributed by atoms with Crippen LogP contribution >= 0.6 is 23.2 Å². The van der Waals surface area contributed by atoms with E-state index >= 15 is 0 Å². The van der Waals surface area contributed by atoms with Crippen molar-refractivity contribution in [1.29, 1.82) is 0 Å². The Hall–Kier alpha value is -0.870. The van der Waals surface area contributed by atoms with Gasteiger partial charge < -0.3 is 10.0 Å². The minimum Gasteiger partial charge on any atom is -0.385 e. The van der Waals surface area contributed by atoms with E-state index in [9.17, 15) is 5.11 Å². The van der Waals surface area contributed by atoms with E-state index in [2.05, 4.69) is 9.88 Å². The number of fused-ring (bicyclic) bond motifs is 1. The molecule has 1 saturated heterocycles. The van der Waals surface area contributed by atoms with Crippen molar-refractivity contribution in [3.63, 3.8) is 0 Å². The number of aromatic nitrogens is 1. The summed E-state index contributed by atoms with van der Waals surface area (Å²) in [7, 11) is 0. The van der Waals surface area contributed by atoms with Crippen molar-refractivity contribution in [2.75, 3.05) is 19.6 Å². The number of alkyl halides is 1. The van der Waals surface area contributed by atoms with Crippen LogP contribution in [0.5, 0.6) is 0 Å². The average molecular weight is 461 g/mol. The van der Waals surface area contributed by atoms with Gasteiger partial charge in [0.1, 0.15) is 6.10 Å². The van der Waals surface area contributed by atoms with E-state index in [0.29, 0.717) is 22.6 Å². The highest BCUT2D eigenvalue weighted by Gasteiger charge is 2.47. The maximum absolute atomic E-state index is 10.4. The Balaban J connectivity index is 0.000000155. The molecule has 3 nitrogen and oxygen atoms in total. The third-order valence-electron chi connectivity index (χ3n) is 8.02. The van der Waals surface area contributed by atoms with E-state index in [1.807, 2.05) is 24.3 Å². The zero-order valence-corrected chi connectivity index (χ0v) is 19.7. The quantitative estimate of drug-likeness (QED) is 0.533. The van der Waals surface area contributed by atoms with Crippen molar-refractivity contribution >= 4 is 34.1 Å². The van der Waals surface area contributed by atoms with Crippen LogP contribution in [0.4, 0.5) is 0 Å². The molecule has 4 aliphatic carbocycles. The summed E-state index contributed by atoms with van der Waals surface area (Å²) in [5, 5.41) is 12.5. The van der Waals surface area contributed by atoms with Gasteiger partial charge in [0.05, 0.1) is 16.2 Å². The molecule has 1 aromatic carbocycles. The van der Waals surface area contributed by atoms with Crippen LogP contribution in [0.25, 0.3) is 10.9 Å². The first-order valence-corrected chi connectivity index (χ1v) is 13.0. The van der Waals surface area contributed by atoms with Crippen LogP contribution in [0.1, 0.15) is 63.2 Å². The number of aliphatic hydroxyl groups excluding tert-OH is 1. The van der Waals surface area contributed by atoms with Crippen LogP contribution in [0.15, 0.2) is 30.3 Å². The number of likely N-dealkylation sites (tertiary alicyclic amines) is 1. The molecule has 2 aromatic rings. The summed E-state index contributed by atoms with van der Waals surface area (Å²) in [5.41, 5.74) is 1.51. The lowest BCUT2D eigenvalue weighted by molar-refractivity contribution is 0.0243. The number of nitrogens with zero attached hydrogens (tertiary/aromatic N) is 2. The molecule has 4 bridgehead atoms. The average Bonchev–Trinajstić information content (AvgIpc) is 2.78. The minimum atomic E-state index is -0.574. The predicted molar refractivity (Wildman–Crippen MR) is 129 cm³/mol. The summed E-state index contributed by atoms with van der Waals surface area (Å²) in [4.78, 5) is 6.84. The number of benzene rings is 1. The van der Waals surface area contributed by atoms with Crippen molar-refractivity contribution in [3.05, 3.63) is 41.0 Å². The normalized spacial score (nSPS) is 33.2. The summed E-state index contributed by atoms with van der Waals surface area (Å²) in [5.74, 6) is 3.97. The number of aliphatic hydroxyl groups is 1. The Labute approximate surface area is 196 Å². The van der Waals surface area contributed by atoms with Crippen molar-refractivity contribution < 1.29 is 5.11 Å². The van der Waals surface area contributed by atoms with Gasteiger partial charge in [-0.2, -0.15) is 0 Å². The van der Waals surface area contributed by atoms with E-state index in [1.54, 1.807) is 6.07 Å². The minimum absolute atomic E-state index is 0.558. The molecular formula is C26H34Cl2N2O. The molecule has 0 amide bonds. The number of hydrogen-bond donors (Lipinski definition) is 1. The lowest BCUT2D eigenvalue weighted by Gasteiger charge is -2.52. The van der Waals surface area contributed by atoms with Gasteiger partial charge >= 0.3 is 0 Å². The number of rotatable bonds is 3. The largest absolute Gasteiger partial charge is 0.385 e. The predicted octanol–water partition coefficient (Wildman–Crippen LogP) is 6.46. The van der Waals surface area contributed by atoms with Crippen LogP contribution in [0.3, 0.4) is 0 Å². The molecule has 5 aliphatic rings. The Morgan fingerprint density at radius 1 is 0.968 bits per heavy atom. The van der Waals surface area contributed by atoms with E-state index in [4.69, 9.17) is 23.2 Å². The molecular weight excluding hydrogens is 427 g/mol. The highest BCUT2D eigenvalue weighted by atomic mass is 35.5. The molecule has 0 radical (unpaired) electrons. The van der Waals surface area contributed by atoms with Gasteiger partial charge in [-0.25, -0.2) is 4.98 Å². The van der Waals surface area contributed by atoms with Gasteiger partial charge in [-0.05, 0) is 93.8 Å². The highest BCUT2D eigenvalue weighted by molar-refractivity contribution is 6.35. The second-order valence-corrected chi connectivity index (χ2v) is 11.2. The third kappa shape index (κ3) is 4.90. The number of piperidine rings is 1. The fourth-order valence-corrected chi connectivity index (χ4v) is 7.34. The molecule has 31 heavy (non-hydrogen) atoms. The van der Waals surface area contributed by atoms with E-state index in [-0.39, 0.29) is 0 Å². The smallest absolute Gasteiger partial charge is 0.109 e. The van der Waals surface area contributed by atoms with Crippen molar-refractivity contribution in [3.8, 4) is 0 Å². The second-order valence-electron chi connectivity index (χ2n) is 10.3. The zero-order chi connectivity index (χ0) is 21.4. The summed E-state index contributed by atoms with van der Waals surface area (Å²) < 4.78 is 0. The SMILES string of the molecule is ClC1C2CC3CC(C2)CC1C3.OC(CN1CCCCC1)c1cc(Cl)c2ccccc2n1. The maximum atomic E-state index is 10.4. The topological polar surface area (TPSA) is 36.4 Å². The molecule has 168 valence electrons. The van der Waals surface area contributed by atoms with Gasteiger partial charge in [-0.3, -0.25) is 0 Å². The van der Waals surface area contributed by atoms with Gasteiger partial charge in [0, 0.05) is 17.3 Å². The number of pyridine rings is 1. The molecule has 7 rings (SSSR count). The first-order chi connectivity index (χ1) is 15.1. The first-order valence-electron chi connectivity index (χ1n) is 12.2. The van der Waals surface area contributed by atoms with Gasteiger partial charge in [0.25, 0.3) is 0 Å². The lowest BCUT2D eigenvalue weighted by Crippen LogP contribution is -2.45. The first kappa shape index (κ1) is 21.9. The van der Waals surface area contributed by atoms with Gasteiger partial charge in [-0.1, -0.05) is 36.2 Å².